The lowest BCUT2D eigenvalue weighted by Crippen LogP contribution is -2.31. The zero-order chi connectivity index (χ0) is 18.8. The van der Waals surface area contributed by atoms with Gasteiger partial charge in [-0.05, 0) is 31.7 Å². The molecule has 0 saturated heterocycles. The predicted octanol–water partition coefficient (Wildman–Crippen LogP) is 4.89. The lowest BCUT2D eigenvalue weighted by molar-refractivity contribution is -0.116. The van der Waals surface area contributed by atoms with E-state index in [0.29, 0.717) is 6.42 Å². The maximum Gasteiger partial charge on any atom is 0.227 e. The predicted molar refractivity (Wildman–Crippen MR) is 109 cm³/mol. The number of Topliss-reactive ketones (excluding diaryl/α,β-unsaturated/α-hetero) is 1. The smallest absolute Gasteiger partial charge is 0.227 e. The molecule has 0 spiro atoms. The fraction of sp³-hybridized carbons (Fsp3) is 0.476. The second-order valence-electron chi connectivity index (χ2n) is 7.33. The first-order chi connectivity index (χ1) is 13.2. The van der Waals surface area contributed by atoms with Crippen molar-refractivity contribution >= 4 is 23.5 Å². The number of carbonyl (C=O) groups excluding carboxylic acids is 1. The zero-order valence-electron chi connectivity index (χ0n) is 16.0. The van der Waals surface area contributed by atoms with Crippen LogP contribution in [0.5, 0.6) is 0 Å². The summed E-state index contributed by atoms with van der Waals surface area (Å²) in [5, 5.41) is 8.96. The van der Waals surface area contributed by atoms with Gasteiger partial charge in [0.15, 0.2) is 5.78 Å². The van der Waals surface area contributed by atoms with Crippen molar-refractivity contribution < 1.29 is 4.79 Å². The van der Waals surface area contributed by atoms with Crippen molar-refractivity contribution in [3.63, 3.8) is 0 Å². The number of aromatic nitrogens is 3. The standard InChI is InChI=1S/C21H26N4OS/c1-3-4-5-13-27-21-23-20-22-16-7-6-8-17(26)18(16)19(25(20)24-21)15-11-9-14(2)10-12-15/h9-12,19H,3-8,13H2,1-2H3,(H,22,23,24)/t19-/m1/s1. The van der Waals surface area contributed by atoms with Crippen LogP contribution in [0, 0.1) is 6.92 Å². The first-order valence-corrected chi connectivity index (χ1v) is 10.8. The van der Waals surface area contributed by atoms with Gasteiger partial charge in [-0.3, -0.25) is 4.79 Å². The molecule has 1 aromatic heterocycles. The lowest BCUT2D eigenvalue weighted by Gasteiger charge is -2.32. The van der Waals surface area contributed by atoms with E-state index in [2.05, 4.69) is 43.4 Å². The number of nitrogens with zero attached hydrogens (tertiary/aromatic N) is 3. The maximum atomic E-state index is 12.8. The molecule has 2 aliphatic rings. The molecule has 1 atom stereocenters. The second-order valence-corrected chi connectivity index (χ2v) is 8.39. The Labute approximate surface area is 164 Å². The number of fused-ring (bicyclic) bond motifs is 1. The Kier molecular flexibility index (Phi) is 5.34. The van der Waals surface area contributed by atoms with Crippen molar-refractivity contribution in [3.8, 4) is 0 Å². The number of aryl methyl sites for hydroxylation is 1. The summed E-state index contributed by atoms with van der Waals surface area (Å²) in [6.45, 7) is 4.29. The van der Waals surface area contributed by atoms with Crippen molar-refractivity contribution in [1.29, 1.82) is 0 Å². The van der Waals surface area contributed by atoms with Crippen molar-refractivity contribution in [3.05, 3.63) is 46.7 Å². The van der Waals surface area contributed by atoms with E-state index >= 15 is 0 Å². The summed E-state index contributed by atoms with van der Waals surface area (Å²) in [6.07, 6.45) is 6.03. The highest BCUT2D eigenvalue weighted by Crippen LogP contribution is 2.40. The summed E-state index contributed by atoms with van der Waals surface area (Å²) in [6, 6.07) is 8.24. The summed E-state index contributed by atoms with van der Waals surface area (Å²) < 4.78 is 1.91. The average molecular weight is 383 g/mol. The molecule has 0 amide bonds. The van der Waals surface area contributed by atoms with E-state index in [0.717, 1.165) is 46.5 Å². The normalized spacial score (nSPS) is 18.9. The van der Waals surface area contributed by atoms with Crippen molar-refractivity contribution in [2.45, 2.75) is 63.6 Å². The molecular formula is C21H26N4OS. The van der Waals surface area contributed by atoms with Crippen LogP contribution >= 0.6 is 11.8 Å². The third-order valence-electron chi connectivity index (χ3n) is 5.22. The summed E-state index contributed by atoms with van der Waals surface area (Å²) in [5.41, 5.74) is 4.20. The van der Waals surface area contributed by atoms with Crippen LogP contribution in [-0.2, 0) is 4.79 Å². The van der Waals surface area contributed by atoms with Gasteiger partial charge >= 0.3 is 0 Å². The van der Waals surface area contributed by atoms with Gasteiger partial charge in [0, 0.05) is 23.4 Å². The van der Waals surface area contributed by atoms with Gasteiger partial charge in [0.2, 0.25) is 11.1 Å². The molecule has 27 heavy (non-hydrogen) atoms. The molecule has 1 aliphatic heterocycles. The number of rotatable bonds is 6. The Morgan fingerprint density at radius 1 is 1.22 bits per heavy atom. The quantitative estimate of drug-likeness (QED) is 0.569. The summed E-state index contributed by atoms with van der Waals surface area (Å²) in [4.78, 5) is 17.5. The minimum atomic E-state index is -0.179. The number of carbonyl (C=O) groups is 1. The van der Waals surface area contributed by atoms with Crippen LogP contribution in [0.1, 0.15) is 62.6 Å². The number of unbranched alkanes of at least 4 members (excludes halogenated alkanes) is 2. The third kappa shape index (κ3) is 3.68. The minimum absolute atomic E-state index is 0.179. The molecule has 2 heterocycles. The number of anilines is 1. The Morgan fingerprint density at radius 2 is 2.04 bits per heavy atom. The highest BCUT2D eigenvalue weighted by atomic mass is 32.2. The molecule has 4 rings (SSSR count). The number of nitrogens with one attached hydrogen (secondary N) is 1. The van der Waals surface area contributed by atoms with E-state index in [-0.39, 0.29) is 11.8 Å². The number of ketones is 1. The molecule has 1 aliphatic carbocycles. The SMILES string of the molecule is CCCCCSc1nc2n(n1)[C@H](c1ccc(C)cc1)C1=C(CCCC1=O)N2. The Balaban J connectivity index is 1.70. The molecule has 0 fully saturated rings. The first kappa shape index (κ1) is 18.3. The fourth-order valence-electron chi connectivity index (χ4n) is 3.77. The molecule has 1 N–H and O–H groups in total. The van der Waals surface area contributed by atoms with E-state index in [1.807, 2.05) is 4.68 Å². The van der Waals surface area contributed by atoms with Crippen LogP contribution in [-0.4, -0.2) is 26.3 Å². The van der Waals surface area contributed by atoms with Gasteiger partial charge in [0.05, 0.1) is 0 Å². The highest BCUT2D eigenvalue weighted by molar-refractivity contribution is 7.99. The van der Waals surface area contributed by atoms with E-state index < -0.39 is 0 Å². The topological polar surface area (TPSA) is 59.8 Å². The molecule has 0 radical (unpaired) electrons. The summed E-state index contributed by atoms with van der Waals surface area (Å²) in [5.74, 6) is 2.01. The molecule has 5 nitrogen and oxygen atoms in total. The Bertz CT molecular complexity index is 869. The maximum absolute atomic E-state index is 12.8. The van der Waals surface area contributed by atoms with Crippen molar-refractivity contribution in [2.24, 2.45) is 0 Å². The monoisotopic (exact) mass is 382 g/mol. The second kappa shape index (κ2) is 7.89. The molecule has 142 valence electrons. The van der Waals surface area contributed by atoms with E-state index in [9.17, 15) is 4.79 Å². The number of allylic oxidation sites excluding steroid dienone is 2. The first-order valence-electron chi connectivity index (χ1n) is 9.86. The van der Waals surface area contributed by atoms with Crippen molar-refractivity contribution in [1.82, 2.24) is 14.8 Å². The third-order valence-corrected chi connectivity index (χ3v) is 6.14. The van der Waals surface area contributed by atoms with Gasteiger partial charge < -0.3 is 5.32 Å². The average Bonchev–Trinajstić information content (AvgIpc) is 3.07. The van der Waals surface area contributed by atoms with Gasteiger partial charge in [-0.1, -0.05) is 61.4 Å². The van der Waals surface area contributed by atoms with Gasteiger partial charge in [-0.25, -0.2) is 4.68 Å². The fourth-order valence-corrected chi connectivity index (χ4v) is 4.60. The number of thioether (sulfide) groups is 1. The molecule has 2 aromatic rings. The molecule has 0 saturated carbocycles. The number of hydrogen-bond donors (Lipinski definition) is 1. The summed E-state index contributed by atoms with van der Waals surface area (Å²) >= 11 is 1.70. The Morgan fingerprint density at radius 3 is 2.81 bits per heavy atom. The minimum Gasteiger partial charge on any atom is -0.328 e. The van der Waals surface area contributed by atoms with Crippen molar-refractivity contribution in [2.75, 3.05) is 11.1 Å². The van der Waals surface area contributed by atoms with Crippen LogP contribution in [0.2, 0.25) is 0 Å². The Hall–Kier alpha value is -2.08. The van der Waals surface area contributed by atoms with Gasteiger partial charge in [0.1, 0.15) is 6.04 Å². The largest absolute Gasteiger partial charge is 0.328 e. The number of benzene rings is 1. The van der Waals surface area contributed by atoms with E-state index in [1.54, 1.807) is 11.8 Å². The lowest BCUT2D eigenvalue weighted by atomic mass is 9.85. The van der Waals surface area contributed by atoms with Gasteiger partial charge in [-0.2, -0.15) is 4.98 Å². The van der Waals surface area contributed by atoms with Crippen LogP contribution < -0.4 is 5.32 Å². The zero-order valence-corrected chi connectivity index (χ0v) is 16.8. The molecule has 0 bridgehead atoms. The van der Waals surface area contributed by atoms with Gasteiger partial charge in [-0.15, -0.1) is 5.10 Å². The van der Waals surface area contributed by atoms with E-state index in [4.69, 9.17) is 10.1 Å². The molecular weight excluding hydrogens is 356 g/mol. The van der Waals surface area contributed by atoms with Crippen LogP contribution in [0.15, 0.2) is 40.7 Å². The van der Waals surface area contributed by atoms with Gasteiger partial charge in [0.25, 0.3) is 0 Å². The highest BCUT2D eigenvalue weighted by Gasteiger charge is 2.36. The van der Waals surface area contributed by atoms with Crippen LogP contribution in [0.25, 0.3) is 0 Å². The van der Waals surface area contributed by atoms with Crippen LogP contribution in [0.4, 0.5) is 5.95 Å². The number of hydrogen-bond acceptors (Lipinski definition) is 5. The molecule has 6 heteroatoms. The van der Waals surface area contributed by atoms with E-state index in [1.165, 1.54) is 24.8 Å². The van der Waals surface area contributed by atoms with Crippen LogP contribution in [0.3, 0.4) is 0 Å². The summed E-state index contributed by atoms with van der Waals surface area (Å²) in [7, 11) is 0. The molecule has 1 aromatic carbocycles. The molecule has 0 unspecified atom stereocenters.